The number of nitrogens with zero attached hydrogens (tertiary/aromatic N) is 6. The van der Waals surface area contributed by atoms with Gasteiger partial charge in [-0.05, 0) is 38.0 Å². The predicted molar refractivity (Wildman–Crippen MR) is 145 cm³/mol. The minimum Gasteiger partial charge on any atom is -0.404 e. The van der Waals surface area contributed by atoms with E-state index in [4.69, 9.17) is 32.0 Å². The summed E-state index contributed by atoms with van der Waals surface area (Å²) >= 11 is 7.38. The van der Waals surface area contributed by atoms with E-state index in [1.54, 1.807) is 25.4 Å². The van der Waals surface area contributed by atoms with Crippen LogP contribution in [0.2, 0.25) is 5.02 Å². The summed E-state index contributed by atoms with van der Waals surface area (Å²) in [6.45, 7) is 3.18. The van der Waals surface area contributed by atoms with Gasteiger partial charge >= 0.3 is 0 Å². The Hall–Kier alpha value is -2.86. The molecule has 2 atom stereocenters. The monoisotopic (exact) mass is 545 g/mol. The van der Waals surface area contributed by atoms with Crippen molar-refractivity contribution in [3.8, 4) is 11.3 Å². The number of rotatable bonds is 7. The second-order valence-electron chi connectivity index (χ2n) is 9.15. The van der Waals surface area contributed by atoms with Crippen LogP contribution >= 0.6 is 22.9 Å². The Balaban J connectivity index is 1.62. The fraction of sp³-hybridized carbons (Fsp3) is 0.440. The Labute approximate surface area is 222 Å². The number of halogens is 2. The highest BCUT2D eigenvalue weighted by atomic mass is 35.5. The maximum absolute atomic E-state index is 15.1. The van der Waals surface area contributed by atoms with Gasteiger partial charge in [-0.15, -0.1) is 0 Å². The van der Waals surface area contributed by atoms with Crippen molar-refractivity contribution in [2.24, 2.45) is 15.7 Å². The number of ether oxygens (including phenoxy) is 1. The molecule has 1 aliphatic heterocycles. The Bertz CT molecular complexity index is 1430. The van der Waals surface area contributed by atoms with Gasteiger partial charge in [0.15, 0.2) is 10.4 Å². The molecule has 0 spiro atoms. The lowest BCUT2D eigenvalue weighted by molar-refractivity contribution is 0.00666. The number of aliphatic imine (C=N–C) groups is 1. The number of hydrogen-bond donors (Lipinski definition) is 2. The van der Waals surface area contributed by atoms with Crippen molar-refractivity contribution in [2.45, 2.75) is 44.6 Å². The van der Waals surface area contributed by atoms with Gasteiger partial charge in [0.05, 0.1) is 37.5 Å². The van der Waals surface area contributed by atoms with E-state index in [1.165, 1.54) is 23.6 Å². The van der Waals surface area contributed by atoms with Crippen molar-refractivity contribution in [1.29, 1.82) is 0 Å². The first-order valence-corrected chi connectivity index (χ1v) is 13.4. The van der Waals surface area contributed by atoms with Gasteiger partial charge in [-0.3, -0.25) is 14.6 Å². The molecule has 196 valence electrons. The summed E-state index contributed by atoms with van der Waals surface area (Å²) in [6, 6.07) is 4.90. The van der Waals surface area contributed by atoms with Crippen LogP contribution in [0, 0.1) is 5.82 Å². The highest BCUT2D eigenvalue weighted by molar-refractivity contribution is 7.16. The fourth-order valence-electron chi connectivity index (χ4n) is 4.36. The molecule has 3 N–H and O–H groups in total. The molecule has 3 heterocycles. The molecule has 3 aromatic rings. The van der Waals surface area contributed by atoms with Gasteiger partial charge in [0.25, 0.3) is 0 Å². The van der Waals surface area contributed by atoms with Crippen molar-refractivity contribution in [1.82, 2.24) is 14.5 Å². The average Bonchev–Trinajstić information content (AvgIpc) is 3.64. The van der Waals surface area contributed by atoms with Crippen LogP contribution in [0.3, 0.4) is 0 Å². The second-order valence-corrected chi connectivity index (χ2v) is 10.6. The zero-order valence-corrected chi connectivity index (χ0v) is 22.2. The lowest BCUT2D eigenvalue weighted by atomic mass is 10.1. The van der Waals surface area contributed by atoms with Gasteiger partial charge in [0.2, 0.25) is 5.95 Å². The van der Waals surface area contributed by atoms with Crippen molar-refractivity contribution < 1.29 is 14.2 Å². The standard InChI is InChI=1S/C25H29ClFN7O2S/c1-14-12-33(13-20(36-14)15(10-28)11-30-17-4-5-17)24-31-21(18-6-3-16(26)9-19(18)27)22-23(32-24)34(7-8-35)25(29-2)37-22/h3,6,9-11,14,17,20,35H,4-5,7-8,12-13,28H2,1-2H3/t14-,20+/m1/s1. The Kier molecular flexibility index (Phi) is 7.57. The third kappa shape index (κ3) is 5.40. The number of fused-ring (bicyclic) bond motifs is 1. The molecule has 1 aromatic carbocycles. The largest absolute Gasteiger partial charge is 0.404 e. The Morgan fingerprint density at radius 1 is 1.35 bits per heavy atom. The number of aliphatic hydroxyl groups is 1. The molecule has 5 rings (SSSR count). The second kappa shape index (κ2) is 10.9. The number of nitrogens with two attached hydrogens (primary N) is 1. The van der Waals surface area contributed by atoms with Crippen LogP contribution in [-0.4, -0.2) is 70.9 Å². The molecular formula is C25H29ClFN7O2S. The molecule has 37 heavy (non-hydrogen) atoms. The molecule has 2 aromatic heterocycles. The van der Waals surface area contributed by atoms with Gasteiger partial charge in [0, 0.05) is 42.2 Å². The van der Waals surface area contributed by atoms with E-state index in [0.717, 1.165) is 18.4 Å². The first kappa shape index (κ1) is 25.8. The number of benzene rings is 1. The SMILES string of the molecule is CN=c1sc2c(-c3ccc(Cl)cc3F)nc(N3C[C@@H](C)O[C@H](C(C=NC4CC4)=CN)C3)nc2n1CCO. The zero-order valence-electron chi connectivity index (χ0n) is 20.6. The Morgan fingerprint density at radius 2 is 2.16 bits per heavy atom. The van der Waals surface area contributed by atoms with Crippen molar-refractivity contribution in [3.63, 3.8) is 0 Å². The summed E-state index contributed by atoms with van der Waals surface area (Å²) in [6.07, 6.45) is 5.09. The number of aromatic nitrogens is 3. The first-order valence-electron chi connectivity index (χ1n) is 12.2. The van der Waals surface area contributed by atoms with E-state index < -0.39 is 5.82 Å². The van der Waals surface area contributed by atoms with E-state index in [1.807, 2.05) is 16.4 Å². The summed E-state index contributed by atoms with van der Waals surface area (Å²) in [5.74, 6) is -0.0481. The summed E-state index contributed by atoms with van der Waals surface area (Å²) in [4.78, 5) is 21.3. The van der Waals surface area contributed by atoms with Gasteiger partial charge in [-0.2, -0.15) is 4.98 Å². The lowest BCUT2D eigenvalue weighted by Gasteiger charge is -2.37. The van der Waals surface area contributed by atoms with E-state index in [0.29, 0.717) is 63.1 Å². The number of morpholine rings is 1. The highest BCUT2D eigenvalue weighted by Crippen LogP contribution is 2.34. The first-order chi connectivity index (χ1) is 17.9. The summed E-state index contributed by atoms with van der Waals surface area (Å²) in [5, 5.41) is 10.0. The fourth-order valence-corrected chi connectivity index (χ4v) is 5.58. The van der Waals surface area contributed by atoms with Gasteiger partial charge in [-0.25, -0.2) is 9.37 Å². The molecule has 12 heteroatoms. The van der Waals surface area contributed by atoms with Crippen LogP contribution in [0.25, 0.3) is 21.6 Å². The quantitative estimate of drug-likeness (QED) is 0.441. The molecule has 2 fully saturated rings. The molecule has 1 saturated carbocycles. The van der Waals surface area contributed by atoms with Gasteiger partial charge in [-0.1, -0.05) is 22.9 Å². The van der Waals surface area contributed by atoms with Crippen LogP contribution in [-0.2, 0) is 11.3 Å². The van der Waals surface area contributed by atoms with Crippen LogP contribution in [0.1, 0.15) is 19.8 Å². The summed E-state index contributed by atoms with van der Waals surface area (Å²) in [7, 11) is 1.67. The number of hydrogen-bond acceptors (Lipinski definition) is 9. The van der Waals surface area contributed by atoms with Crippen molar-refractivity contribution in [2.75, 3.05) is 31.6 Å². The number of aliphatic hydroxyl groups excluding tert-OH is 1. The maximum atomic E-state index is 15.1. The van der Waals surface area contributed by atoms with E-state index in [-0.39, 0.29) is 18.8 Å². The molecule has 0 bridgehead atoms. The third-order valence-electron chi connectivity index (χ3n) is 6.31. The minimum atomic E-state index is -0.478. The van der Waals surface area contributed by atoms with E-state index in [9.17, 15) is 5.11 Å². The predicted octanol–water partition coefficient (Wildman–Crippen LogP) is 3.14. The number of thiazole rings is 1. The third-order valence-corrected chi connectivity index (χ3v) is 7.71. The lowest BCUT2D eigenvalue weighted by Crippen LogP contribution is -2.48. The molecule has 9 nitrogen and oxygen atoms in total. The molecule has 1 saturated heterocycles. The summed E-state index contributed by atoms with van der Waals surface area (Å²) < 4.78 is 23.8. The Morgan fingerprint density at radius 3 is 2.84 bits per heavy atom. The van der Waals surface area contributed by atoms with E-state index in [2.05, 4.69) is 9.98 Å². The normalized spacial score (nSPS) is 21.5. The molecule has 1 aliphatic carbocycles. The van der Waals surface area contributed by atoms with Crippen LogP contribution in [0.5, 0.6) is 0 Å². The molecule has 0 radical (unpaired) electrons. The van der Waals surface area contributed by atoms with E-state index >= 15 is 4.39 Å². The van der Waals surface area contributed by atoms with Crippen LogP contribution in [0.15, 0.2) is 40.0 Å². The minimum absolute atomic E-state index is 0.0926. The molecule has 0 unspecified atom stereocenters. The smallest absolute Gasteiger partial charge is 0.228 e. The highest BCUT2D eigenvalue weighted by Gasteiger charge is 2.31. The maximum Gasteiger partial charge on any atom is 0.228 e. The molecule has 0 amide bonds. The van der Waals surface area contributed by atoms with Crippen LogP contribution in [0.4, 0.5) is 10.3 Å². The van der Waals surface area contributed by atoms with Gasteiger partial charge < -0.3 is 20.5 Å². The average molecular weight is 546 g/mol. The topological polar surface area (TPSA) is 114 Å². The van der Waals surface area contributed by atoms with Crippen LogP contribution < -0.4 is 15.4 Å². The molecular weight excluding hydrogens is 517 g/mol. The summed E-state index contributed by atoms with van der Waals surface area (Å²) in [5.41, 5.74) is 8.08. The van der Waals surface area contributed by atoms with Gasteiger partial charge in [0.1, 0.15) is 16.6 Å². The van der Waals surface area contributed by atoms with Crippen molar-refractivity contribution >= 4 is 45.4 Å². The number of anilines is 1. The zero-order chi connectivity index (χ0) is 26.1. The molecule has 2 aliphatic rings. The van der Waals surface area contributed by atoms with Crippen molar-refractivity contribution in [3.05, 3.63) is 45.6 Å².